The number of benzene rings is 1. The molecule has 0 atom stereocenters. The summed E-state index contributed by atoms with van der Waals surface area (Å²) in [4.78, 5) is 12.4. The average Bonchev–Trinajstić information content (AvgIpc) is 2.28. The number of anilines is 2. The lowest BCUT2D eigenvalue weighted by molar-refractivity contribution is -0.384. The predicted octanol–water partition coefficient (Wildman–Crippen LogP) is 2.48. The molecule has 1 aromatic rings. The lowest BCUT2D eigenvalue weighted by Crippen LogP contribution is -2.16. The van der Waals surface area contributed by atoms with Gasteiger partial charge in [-0.15, -0.1) is 0 Å². The third kappa shape index (κ3) is 2.85. The number of hydrogen-bond donors (Lipinski definition) is 1. The molecule has 0 radical (unpaired) electrons. The van der Waals surface area contributed by atoms with Crippen molar-refractivity contribution in [3.63, 3.8) is 0 Å². The third-order valence-corrected chi connectivity index (χ3v) is 2.41. The monoisotopic (exact) mass is 223 g/mol. The molecule has 1 aromatic carbocycles. The molecular formula is C11H17N3O2. The van der Waals surface area contributed by atoms with Gasteiger partial charge in [-0.3, -0.25) is 10.1 Å². The summed E-state index contributed by atoms with van der Waals surface area (Å²) in [6, 6.07) is 5.06. The fourth-order valence-electron chi connectivity index (χ4n) is 1.41. The van der Waals surface area contributed by atoms with Gasteiger partial charge in [0.1, 0.15) is 0 Å². The van der Waals surface area contributed by atoms with Crippen molar-refractivity contribution in [1.29, 1.82) is 0 Å². The maximum absolute atomic E-state index is 10.8. The van der Waals surface area contributed by atoms with E-state index >= 15 is 0 Å². The van der Waals surface area contributed by atoms with E-state index in [1.54, 1.807) is 12.1 Å². The molecule has 0 heterocycles. The van der Waals surface area contributed by atoms with Gasteiger partial charge in [0, 0.05) is 43.6 Å². The molecule has 0 amide bonds. The van der Waals surface area contributed by atoms with E-state index in [-0.39, 0.29) is 10.6 Å². The van der Waals surface area contributed by atoms with E-state index in [0.29, 0.717) is 0 Å². The minimum absolute atomic E-state index is 0.119. The highest BCUT2D eigenvalue weighted by molar-refractivity contribution is 5.64. The van der Waals surface area contributed by atoms with E-state index < -0.39 is 0 Å². The Bertz CT molecular complexity index is 379. The van der Waals surface area contributed by atoms with Crippen LogP contribution in [0.5, 0.6) is 0 Å². The predicted molar refractivity (Wildman–Crippen MR) is 66.2 cm³/mol. The van der Waals surface area contributed by atoms with Crippen LogP contribution in [0.4, 0.5) is 17.1 Å². The molecule has 5 nitrogen and oxygen atoms in total. The molecule has 0 unspecified atom stereocenters. The van der Waals surface area contributed by atoms with Gasteiger partial charge in [-0.2, -0.15) is 0 Å². The summed E-state index contributed by atoms with van der Waals surface area (Å²) < 4.78 is 0. The molecule has 0 saturated heterocycles. The molecule has 16 heavy (non-hydrogen) atoms. The SMILES string of the molecule is CCNc1cc(N(C)CC)cc([N+](=O)[O-])c1. The van der Waals surface area contributed by atoms with E-state index in [1.165, 1.54) is 0 Å². The van der Waals surface area contributed by atoms with Gasteiger partial charge in [-0.05, 0) is 19.9 Å². The number of nitro benzene ring substituents is 1. The minimum Gasteiger partial charge on any atom is -0.385 e. The van der Waals surface area contributed by atoms with Crippen LogP contribution in [0.15, 0.2) is 18.2 Å². The molecule has 1 N–H and O–H groups in total. The molecule has 0 fully saturated rings. The Morgan fingerprint density at radius 2 is 2.06 bits per heavy atom. The Morgan fingerprint density at radius 1 is 1.38 bits per heavy atom. The summed E-state index contributed by atoms with van der Waals surface area (Å²) in [5.74, 6) is 0. The van der Waals surface area contributed by atoms with Crippen molar-refractivity contribution in [2.45, 2.75) is 13.8 Å². The molecule has 88 valence electrons. The summed E-state index contributed by atoms with van der Waals surface area (Å²) in [5, 5.41) is 13.9. The molecule has 0 aliphatic carbocycles. The third-order valence-electron chi connectivity index (χ3n) is 2.41. The van der Waals surface area contributed by atoms with Crippen LogP contribution in [-0.4, -0.2) is 25.1 Å². The van der Waals surface area contributed by atoms with Crippen molar-refractivity contribution in [2.24, 2.45) is 0 Å². The number of nitro groups is 1. The number of hydrogen-bond acceptors (Lipinski definition) is 4. The zero-order valence-corrected chi connectivity index (χ0v) is 9.86. The standard InChI is InChI=1S/C11H17N3O2/c1-4-12-9-6-10(13(3)5-2)8-11(7-9)14(15)16/h6-8,12H,4-5H2,1-3H3. The van der Waals surface area contributed by atoms with Gasteiger partial charge < -0.3 is 10.2 Å². The van der Waals surface area contributed by atoms with Crippen molar-refractivity contribution in [3.8, 4) is 0 Å². The maximum atomic E-state index is 10.8. The Kier molecular flexibility index (Phi) is 4.10. The first-order valence-electron chi connectivity index (χ1n) is 5.33. The highest BCUT2D eigenvalue weighted by Crippen LogP contribution is 2.26. The van der Waals surface area contributed by atoms with E-state index in [0.717, 1.165) is 24.5 Å². The summed E-state index contributed by atoms with van der Waals surface area (Å²) in [7, 11) is 1.91. The maximum Gasteiger partial charge on any atom is 0.273 e. The van der Waals surface area contributed by atoms with Crippen molar-refractivity contribution in [3.05, 3.63) is 28.3 Å². The molecule has 0 bridgehead atoms. The first-order chi connectivity index (χ1) is 7.58. The quantitative estimate of drug-likeness (QED) is 0.615. The second kappa shape index (κ2) is 5.34. The van der Waals surface area contributed by atoms with Gasteiger partial charge >= 0.3 is 0 Å². The van der Waals surface area contributed by atoms with Gasteiger partial charge in [-0.25, -0.2) is 0 Å². The van der Waals surface area contributed by atoms with Gasteiger partial charge in [-0.1, -0.05) is 0 Å². The highest BCUT2D eigenvalue weighted by Gasteiger charge is 2.11. The number of rotatable bonds is 5. The number of nitrogens with one attached hydrogen (secondary N) is 1. The Balaban J connectivity index is 3.13. The summed E-state index contributed by atoms with van der Waals surface area (Å²) >= 11 is 0. The molecule has 0 spiro atoms. The van der Waals surface area contributed by atoms with Gasteiger partial charge in [0.25, 0.3) is 5.69 Å². The van der Waals surface area contributed by atoms with Gasteiger partial charge in [0.05, 0.1) is 4.92 Å². The molecule has 5 heteroatoms. The van der Waals surface area contributed by atoms with Crippen LogP contribution in [-0.2, 0) is 0 Å². The summed E-state index contributed by atoms with van der Waals surface area (Å²) in [6.07, 6.45) is 0. The van der Waals surface area contributed by atoms with Crippen LogP contribution in [0.3, 0.4) is 0 Å². The van der Waals surface area contributed by atoms with Crippen LogP contribution in [0.2, 0.25) is 0 Å². The van der Waals surface area contributed by atoms with Crippen molar-refractivity contribution >= 4 is 17.1 Å². The highest BCUT2D eigenvalue weighted by atomic mass is 16.6. The molecule has 1 rings (SSSR count). The van der Waals surface area contributed by atoms with E-state index in [1.807, 2.05) is 31.9 Å². The van der Waals surface area contributed by atoms with E-state index in [4.69, 9.17) is 0 Å². The van der Waals surface area contributed by atoms with E-state index in [9.17, 15) is 10.1 Å². The fraction of sp³-hybridized carbons (Fsp3) is 0.455. The summed E-state index contributed by atoms with van der Waals surface area (Å²) in [6.45, 7) is 5.52. The second-order valence-corrected chi connectivity index (χ2v) is 3.54. The largest absolute Gasteiger partial charge is 0.385 e. The van der Waals surface area contributed by atoms with Crippen molar-refractivity contribution in [2.75, 3.05) is 30.4 Å². The Hall–Kier alpha value is -1.78. The average molecular weight is 223 g/mol. The molecule has 0 aromatic heterocycles. The molecule has 0 saturated carbocycles. The van der Waals surface area contributed by atoms with Crippen LogP contribution < -0.4 is 10.2 Å². The van der Waals surface area contributed by atoms with Gasteiger partial charge in [0.15, 0.2) is 0 Å². The first kappa shape index (κ1) is 12.3. The Labute approximate surface area is 95.2 Å². The minimum atomic E-state index is -0.367. The van der Waals surface area contributed by atoms with Crippen molar-refractivity contribution < 1.29 is 4.92 Å². The van der Waals surface area contributed by atoms with Crippen LogP contribution in [0, 0.1) is 10.1 Å². The lowest BCUT2D eigenvalue weighted by Gasteiger charge is -2.17. The van der Waals surface area contributed by atoms with Gasteiger partial charge in [0.2, 0.25) is 0 Å². The smallest absolute Gasteiger partial charge is 0.273 e. The van der Waals surface area contributed by atoms with Crippen molar-refractivity contribution in [1.82, 2.24) is 0 Å². The molecule has 0 aliphatic rings. The lowest BCUT2D eigenvalue weighted by atomic mass is 10.2. The zero-order valence-electron chi connectivity index (χ0n) is 9.86. The molecular weight excluding hydrogens is 206 g/mol. The fourth-order valence-corrected chi connectivity index (χ4v) is 1.41. The normalized spacial score (nSPS) is 9.94. The second-order valence-electron chi connectivity index (χ2n) is 3.54. The van der Waals surface area contributed by atoms with Crippen LogP contribution in [0.25, 0.3) is 0 Å². The number of nitrogens with zero attached hydrogens (tertiary/aromatic N) is 2. The first-order valence-corrected chi connectivity index (χ1v) is 5.33. The van der Waals surface area contributed by atoms with Crippen LogP contribution in [0.1, 0.15) is 13.8 Å². The Morgan fingerprint density at radius 3 is 2.56 bits per heavy atom. The number of non-ortho nitro benzene ring substituents is 1. The molecule has 0 aliphatic heterocycles. The topological polar surface area (TPSA) is 58.4 Å². The summed E-state index contributed by atoms with van der Waals surface area (Å²) in [5.41, 5.74) is 1.76. The van der Waals surface area contributed by atoms with E-state index in [2.05, 4.69) is 5.32 Å². The zero-order chi connectivity index (χ0) is 12.1. The van der Waals surface area contributed by atoms with Crippen LogP contribution >= 0.6 is 0 Å².